The second-order valence-electron chi connectivity index (χ2n) is 7.06. The molecule has 0 saturated heterocycles. The highest BCUT2D eigenvalue weighted by Crippen LogP contribution is 2.30. The van der Waals surface area contributed by atoms with Gasteiger partial charge in [0.2, 0.25) is 0 Å². The molecule has 0 aromatic carbocycles. The number of hydrogen-bond donors (Lipinski definition) is 1. The summed E-state index contributed by atoms with van der Waals surface area (Å²) in [5.74, 6) is 1.49. The maximum Gasteiger partial charge on any atom is 0.317 e. The first-order valence-electron chi connectivity index (χ1n) is 9.39. The largest absolute Gasteiger partial charge is 0.469 e. The monoisotopic (exact) mass is 335 g/mol. The van der Waals surface area contributed by atoms with E-state index in [9.17, 15) is 4.79 Å². The normalized spacial score (nSPS) is 17.2. The summed E-state index contributed by atoms with van der Waals surface area (Å²) in [4.78, 5) is 17.2. The van der Waals surface area contributed by atoms with Crippen molar-refractivity contribution in [1.82, 2.24) is 15.1 Å². The first kappa shape index (κ1) is 18.8. The lowest BCUT2D eigenvalue weighted by molar-refractivity contribution is 0.173. The summed E-state index contributed by atoms with van der Waals surface area (Å²) >= 11 is 0. The van der Waals surface area contributed by atoms with Crippen LogP contribution in [0.1, 0.15) is 57.9 Å². The van der Waals surface area contributed by atoms with E-state index in [-0.39, 0.29) is 12.1 Å². The van der Waals surface area contributed by atoms with E-state index in [0.29, 0.717) is 5.92 Å². The van der Waals surface area contributed by atoms with Gasteiger partial charge < -0.3 is 19.5 Å². The number of fused-ring (bicyclic) bond motifs is 1. The van der Waals surface area contributed by atoms with Gasteiger partial charge >= 0.3 is 6.03 Å². The Hall–Kier alpha value is -1.49. The Kier molecular flexibility index (Phi) is 7.16. The number of nitrogens with one attached hydrogen (secondary N) is 1. The van der Waals surface area contributed by atoms with E-state index in [1.807, 2.05) is 11.0 Å². The van der Waals surface area contributed by atoms with Crippen molar-refractivity contribution in [2.75, 3.05) is 32.7 Å². The number of carbonyl (C=O) groups excluding carboxylic acids is 1. The van der Waals surface area contributed by atoms with Crippen molar-refractivity contribution in [2.24, 2.45) is 5.92 Å². The van der Waals surface area contributed by atoms with Crippen molar-refractivity contribution in [3.05, 3.63) is 23.7 Å². The van der Waals surface area contributed by atoms with Gasteiger partial charge in [-0.25, -0.2) is 4.79 Å². The van der Waals surface area contributed by atoms with Crippen LogP contribution in [-0.4, -0.2) is 48.6 Å². The van der Waals surface area contributed by atoms with Crippen LogP contribution in [0.15, 0.2) is 16.7 Å². The molecular formula is C19H33N3O2. The molecule has 24 heavy (non-hydrogen) atoms. The fourth-order valence-corrected chi connectivity index (χ4v) is 3.40. The molecule has 1 aromatic heterocycles. The lowest BCUT2D eigenvalue weighted by atomic mass is 9.93. The third-order valence-electron chi connectivity index (χ3n) is 4.80. The van der Waals surface area contributed by atoms with Crippen LogP contribution >= 0.6 is 0 Å². The van der Waals surface area contributed by atoms with Crippen LogP contribution in [0.2, 0.25) is 0 Å². The molecule has 0 saturated carbocycles. The number of urea groups is 1. The topological polar surface area (TPSA) is 48.7 Å². The lowest BCUT2D eigenvalue weighted by Crippen LogP contribution is -2.46. The van der Waals surface area contributed by atoms with Crippen LogP contribution in [-0.2, 0) is 6.42 Å². The van der Waals surface area contributed by atoms with E-state index in [4.69, 9.17) is 4.42 Å². The number of hydrogen-bond acceptors (Lipinski definition) is 3. The number of nitrogens with zero attached hydrogens (tertiary/aromatic N) is 2. The van der Waals surface area contributed by atoms with Gasteiger partial charge in [-0.1, -0.05) is 27.7 Å². The van der Waals surface area contributed by atoms with Crippen LogP contribution < -0.4 is 5.32 Å². The summed E-state index contributed by atoms with van der Waals surface area (Å²) in [7, 11) is 0. The average Bonchev–Trinajstić information content (AvgIpc) is 3.04. The summed E-state index contributed by atoms with van der Waals surface area (Å²) in [5.41, 5.74) is 1.16. The first-order valence-corrected chi connectivity index (χ1v) is 9.39. The molecule has 136 valence electrons. The molecule has 1 aliphatic carbocycles. The summed E-state index contributed by atoms with van der Waals surface area (Å²) in [6, 6.07) is 2.14. The molecule has 5 nitrogen and oxygen atoms in total. The Morgan fingerprint density at radius 2 is 2.08 bits per heavy atom. The molecule has 1 aromatic rings. The predicted octanol–water partition coefficient (Wildman–Crippen LogP) is 3.67. The summed E-state index contributed by atoms with van der Waals surface area (Å²) in [5, 5.41) is 3.23. The SMILES string of the molecule is CCN(CC)CCN(CC(C)C)C(=O)NC1CCCc2occc21. The van der Waals surface area contributed by atoms with Crippen molar-refractivity contribution < 1.29 is 9.21 Å². The quantitative estimate of drug-likeness (QED) is 0.788. The highest BCUT2D eigenvalue weighted by molar-refractivity contribution is 5.74. The Morgan fingerprint density at radius 1 is 1.33 bits per heavy atom. The van der Waals surface area contributed by atoms with Crippen molar-refractivity contribution >= 4 is 6.03 Å². The first-order chi connectivity index (χ1) is 11.5. The van der Waals surface area contributed by atoms with E-state index in [0.717, 1.165) is 63.3 Å². The number of likely N-dealkylation sites (N-methyl/N-ethyl adjacent to an activating group) is 1. The van der Waals surface area contributed by atoms with Gasteiger partial charge in [0.25, 0.3) is 0 Å². The minimum atomic E-state index is 0.0508. The van der Waals surface area contributed by atoms with Crippen LogP contribution in [0.25, 0.3) is 0 Å². The molecule has 2 rings (SSSR count). The maximum atomic E-state index is 12.8. The Labute approximate surface area is 146 Å². The zero-order valence-corrected chi connectivity index (χ0v) is 15.7. The molecule has 1 aliphatic rings. The van der Waals surface area contributed by atoms with Gasteiger partial charge in [0, 0.05) is 31.6 Å². The third kappa shape index (κ3) is 5.00. The van der Waals surface area contributed by atoms with Gasteiger partial charge in [-0.15, -0.1) is 0 Å². The van der Waals surface area contributed by atoms with Crippen LogP contribution in [0.3, 0.4) is 0 Å². The second kappa shape index (κ2) is 9.11. The number of rotatable bonds is 8. The lowest BCUT2D eigenvalue weighted by Gasteiger charge is -2.31. The number of carbonyl (C=O) groups is 1. The van der Waals surface area contributed by atoms with E-state index in [1.165, 1.54) is 0 Å². The number of amides is 2. The van der Waals surface area contributed by atoms with Gasteiger partial charge in [0.15, 0.2) is 0 Å². The molecule has 0 fully saturated rings. The van der Waals surface area contributed by atoms with Crippen LogP contribution in [0.5, 0.6) is 0 Å². The minimum absolute atomic E-state index is 0.0508. The van der Waals surface area contributed by atoms with Gasteiger partial charge in [-0.05, 0) is 37.9 Å². The Morgan fingerprint density at radius 3 is 2.75 bits per heavy atom. The molecular weight excluding hydrogens is 302 g/mol. The molecule has 1 atom stereocenters. The molecule has 1 N–H and O–H groups in total. The molecule has 0 aliphatic heterocycles. The molecule has 1 unspecified atom stereocenters. The average molecular weight is 335 g/mol. The molecule has 2 amide bonds. The Bertz CT molecular complexity index is 508. The van der Waals surface area contributed by atoms with E-state index < -0.39 is 0 Å². The van der Waals surface area contributed by atoms with Gasteiger partial charge in [0.05, 0.1) is 12.3 Å². The van der Waals surface area contributed by atoms with Crippen molar-refractivity contribution in [1.29, 1.82) is 0 Å². The maximum absolute atomic E-state index is 12.8. The fourth-order valence-electron chi connectivity index (χ4n) is 3.40. The van der Waals surface area contributed by atoms with Gasteiger partial charge in [-0.3, -0.25) is 0 Å². The van der Waals surface area contributed by atoms with Crippen LogP contribution in [0, 0.1) is 5.92 Å². The van der Waals surface area contributed by atoms with Crippen molar-refractivity contribution in [3.8, 4) is 0 Å². The summed E-state index contributed by atoms with van der Waals surface area (Å²) < 4.78 is 5.53. The molecule has 0 radical (unpaired) electrons. The van der Waals surface area contributed by atoms with Gasteiger partial charge in [-0.2, -0.15) is 0 Å². The van der Waals surface area contributed by atoms with Crippen molar-refractivity contribution in [2.45, 2.75) is 53.0 Å². The third-order valence-corrected chi connectivity index (χ3v) is 4.80. The molecule has 1 heterocycles. The zero-order chi connectivity index (χ0) is 17.5. The standard InChI is InChI=1S/C19H33N3O2/c1-5-21(6-2)11-12-22(14-15(3)4)19(23)20-17-8-7-9-18-16(17)10-13-24-18/h10,13,15,17H,5-9,11-12,14H2,1-4H3,(H,20,23). The highest BCUT2D eigenvalue weighted by atomic mass is 16.3. The molecule has 0 bridgehead atoms. The molecule has 0 spiro atoms. The van der Waals surface area contributed by atoms with E-state index in [1.54, 1.807) is 6.26 Å². The molecule has 5 heteroatoms. The number of aryl methyl sites for hydroxylation is 1. The van der Waals surface area contributed by atoms with E-state index in [2.05, 4.69) is 37.9 Å². The second-order valence-corrected chi connectivity index (χ2v) is 7.06. The Balaban J connectivity index is 1.97. The smallest absolute Gasteiger partial charge is 0.317 e. The van der Waals surface area contributed by atoms with Gasteiger partial charge in [0.1, 0.15) is 5.76 Å². The minimum Gasteiger partial charge on any atom is -0.469 e. The predicted molar refractivity (Wildman–Crippen MR) is 97.1 cm³/mol. The van der Waals surface area contributed by atoms with Crippen molar-refractivity contribution in [3.63, 3.8) is 0 Å². The highest BCUT2D eigenvalue weighted by Gasteiger charge is 2.26. The number of furan rings is 1. The fraction of sp³-hybridized carbons (Fsp3) is 0.737. The van der Waals surface area contributed by atoms with E-state index >= 15 is 0 Å². The van der Waals surface area contributed by atoms with Crippen LogP contribution in [0.4, 0.5) is 4.79 Å². The zero-order valence-electron chi connectivity index (χ0n) is 15.7. The summed E-state index contributed by atoms with van der Waals surface area (Å²) in [6.45, 7) is 13.2. The summed E-state index contributed by atoms with van der Waals surface area (Å²) in [6.07, 6.45) is 4.77.